The van der Waals surface area contributed by atoms with E-state index < -0.39 is 83.1 Å². The molecule has 0 unspecified atom stereocenters. The van der Waals surface area contributed by atoms with E-state index in [1.807, 2.05) is 0 Å². The van der Waals surface area contributed by atoms with Crippen LogP contribution in [0.1, 0.15) is 63.6 Å². The molecule has 47 heavy (non-hydrogen) atoms. The predicted octanol–water partition coefficient (Wildman–Crippen LogP) is -1.60. The minimum absolute atomic E-state index is 0.107. The van der Waals surface area contributed by atoms with Gasteiger partial charge in [0.1, 0.15) is 18.8 Å². The van der Waals surface area contributed by atoms with Gasteiger partial charge in [-0.15, -0.1) is 0 Å². The van der Waals surface area contributed by atoms with Crippen LogP contribution in [0.3, 0.4) is 0 Å². The zero-order valence-electron chi connectivity index (χ0n) is 24.9. The number of aliphatic hydroxyl groups excluding tert-OH is 2. The van der Waals surface area contributed by atoms with Crippen molar-refractivity contribution in [2.75, 3.05) is 13.2 Å². The first-order valence-electron chi connectivity index (χ1n) is 14.1. The van der Waals surface area contributed by atoms with Gasteiger partial charge in [-0.05, 0) is 12.1 Å². The first-order chi connectivity index (χ1) is 22.4. The van der Waals surface area contributed by atoms with Crippen LogP contribution in [0.15, 0.2) is 64.7 Å². The minimum Gasteiger partial charge on any atom is -0.459 e. The molecule has 0 aliphatic carbocycles. The number of esters is 2. The lowest BCUT2D eigenvalue weighted by atomic mass is 10.2. The Morgan fingerprint density at radius 1 is 0.894 bits per heavy atom. The fourth-order valence-corrected chi connectivity index (χ4v) is 4.90. The van der Waals surface area contributed by atoms with E-state index in [4.69, 9.17) is 35.5 Å². The number of rotatable bonds is 9. The summed E-state index contributed by atoms with van der Waals surface area (Å²) in [6.07, 6.45) is 0.532. The zero-order valence-corrected chi connectivity index (χ0v) is 24.9. The van der Waals surface area contributed by atoms with Crippen LogP contribution in [-0.4, -0.2) is 90.7 Å². The summed E-state index contributed by atoms with van der Waals surface area (Å²) in [5.41, 5.74) is 8.18. The molecule has 0 spiro atoms. The Labute approximate surface area is 265 Å². The Morgan fingerprint density at radius 2 is 1.45 bits per heavy atom. The summed E-state index contributed by atoms with van der Waals surface area (Å²) in [6, 6.07) is 8.43. The van der Waals surface area contributed by atoms with Gasteiger partial charge in [-0.2, -0.15) is 0 Å². The van der Waals surface area contributed by atoms with Crippen molar-refractivity contribution in [3.63, 3.8) is 0 Å². The maximum Gasteiger partial charge on any atom is 0.338 e. The van der Waals surface area contributed by atoms with Crippen molar-refractivity contribution in [1.29, 1.82) is 0 Å². The molecule has 0 radical (unpaired) electrons. The van der Waals surface area contributed by atoms with Gasteiger partial charge in [0, 0.05) is 44.6 Å². The first-order valence-corrected chi connectivity index (χ1v) is 14.1. The molecule has 2 aliphatic heterocycles. The average Bonchev–Trinajstić information content (AvgIpc) is 3.62. The van der Waals surface area contributed by atoms with Gasteiger partial charge in [0.2, 0.25) is 0 Å². The van der Waals surface area contributed by atoms with Crippen molar-refractivity contribution < 1.29 is 48.3 Å². The lowest BCUT2D eigenvalue weighted by Crippen LogP contribution is -2.36. The number of carbonyl (C=O) groups excluding carboxylic acids is 4. The summed E-state index contributed by atoms with van der Waals surface area (Å²) in [6.45, 7) is 0.866. The molecule has 2 saturated heterocycles. The number of amides is 2. The molecule has 6 N–H and O–H groups in total. The Morgan fingerprint density at radius 3 is 1.96 bits per heavy atom. The van der Waals surface area contributed by atoms with Crippen LogP contribution in [0.2, 0.25) is 0 Å². The molecule has 4 heterocycles. The number of carbonyl (C=O) groups is 4. The number of hydrogen-bond acceptors (Lipinski definition) is 14. The number of primary amides is 2. The van der Waals surface area contributed by atoms with Gasteiger partial charge >= 0.3 is 11.9 Å². The lowest BCUT2D eigenvalue weighted by molar-refractivity contribution is -0.152. The monoisotopic (exact) mass is 656 g/mol. The van der Waals surface area contributed by atoms with Crippen molar-refractivity contribution in [2.24, 2.45) is 11.5 Å². The molecule has 2 fully saturated rings. The number of ether oxygens (including phenoxy) is 4. The van der Waals surface area contributed by atoms with Gasteiger partial charge in [0.25, 0.3) is 22.9 Å². The second-order valence-corrected chi connectivity index (χ2v) is 10.3. The average molecular weight is 657 g/mol. The summed E-state index contributed by atoms with van der Waals surface area (Å²) < 4.78 is 23.7. The van der Waals surface area contributed by atoms with Crippen molar-refractivity contribution in [3.05, 3.63) is 92.8 Å². The van der Waals surface area contributed by atoms with Crippen LogP contribution in [0.25, 0.3) is 0 Å². The number of aromatic nitrogens is 4. The van der Waals surface area contributed by atoms with E-state index >= 15 is 0 Å². The van der Waals surface area contributed by atoms with Crippen molar-refractivity contribution in [2.45, 2.75) is 56.6 Å². The highest BCUT2D eigenvalue weighted by Crippen LogP contribution is 2.31. The third-order valence-corrected chi connectivity index (χ3v) is 6.99. The molecule has 18 heteroatoms. The zero-order chi connectivity index (χ0) is 34.2. The smallest absolute Gasteiger partial charge is 0.338 e. The van der Waals surface area contributed by atoms with Crippen LogP contribution in [-0.2, 0) is 23.7 Å². The standard InChI is InChI=1S/C19H19N3O7.C10H13N3O5/c1-11(23)28-14-9-13(10-27-19(26)12-5-3-2-4-6-12)29-18(14)22-8-7-21-15(16(20)24)17(22)25;11-8(16)7-9(17)13(2-1-12-7)10-6(15)3-5(4-14)18-10/h2-8,13-14,18H,9-10H2,1H3,(H2,20,24);1-2,5-6,10,14-15H,3-4H2,(H2,11,16)/t13-,14+,18+;5-,6+,10+/m00/s1. The van der Waals surface area contributed by atoms with Crippen molar-refractivity contribution >= 4 is 23.8 Å². The Kier molecular flexibility index (Phi) is 11.3. The summed E-state index contributed by atoms with van der Waals surface area (Å²) in [4.78, 5) is 77.6. The number of benzene rings is 1. The normalized spacial score (nSPS) is 23.3. The molecule has 2 aromatic heterocycles. The van der Waals surface area contributed by atoms with E-state index in [1.165, 1.54) is 31.7 Å². The van der Waals surface area contributed by atoms with Gasteiger partial charge in [0.05, 0.1) is 24.4 Å². The molecular weight excluding hydrogens is 624 g/mol. The second-order valence-electron chi connectivity index (χ2n) is 10.3. The van der Waals surface area contributed by atoms with Gasteiger partial charge in [-0.3, -0.25) is 33.1 Å². The molecule has 2 aliphatic rings. The third kappa shape index (κ3) is 8.30. The second kappa shape index (κ2) is 15.3. The molecule has 1 aromatic carbocycles. The lowest BCUT2D eigenvalue weighted by Gasteiger charge is -2.20. The molecule has 2 amide bonds. The number of nitrogens with two attached hydrogens (primary N) is 2. The molecule has 18 nitrogen and oxygen atoms in total. The van der Waals surface area contributed by atoms with Gasteiger partial charge in [0.15, 0.2) is 23.8 Å². The van der Waals surface area contributed by atoms with E-state index in [9.17, 15) is 33.9 Å². The maximum atomic E-state index is 12.5. The molecule has 250 valence electrons. The predicted molar refractivity (Wildman–Crippen MR) is 156 cm³/mol. The fraction of sp³-hybridized carbons (Fsp3) is 0.379. The van der Waals surface area contributed by atoms with Gasteiger partial charge in [-0.25, -0.2) is 14.8 Å². The van der Waals surface area contributed by atoms with Crippen LogP contribution in [0.4, 0.5) is 0 Å². The van der Waals surface area contributed by atoms with Crippen LogP contribution >= 0.6 is 0 Å². The summed E-state index contributed by atoms with van der Waals surface area (Å²) in [7, 11) is 0. The SMILES string of the molecule is CC(=O)O[C@@H]1C[C@@H](COC(=O)c2ccccc2)O[C@H]1n1ccnc(C(N)=O)c1=O.NC(=O)c1nccn([C@@H]2O[C@H](CO)C[C@H]2O)c1=O. The van der Waals surface area contributed by atoms with Crippen LogP contribution < -0.4 is 22.6 Å². The summed E-state index contributed by atoms with van der Waals surface area (Å²) in [5, 5.41) is 18.7. The number of hydrogen-bond donors (Lipinski definition) is 4. The Balaban J connectivity index is 0.000000238. The Hall–Kier alpha value is -5.30. The van der Waals surface area contributed by atoms with E-state index in [-0.39, 0.29) is 26.1 Å². The summed E-state index contributed by atoms with van der Waals surface area (Å²) in [5.74, 6) is -3.03. The third-order valence-electron chi connectivity index (χ3n) is 6.99. The van der Waals surface area contributed by atoms with Gasteiger partial charge < -0.3 is 40.6 Å². The van der Waals surface area contributed by atoms with Crippen LogP contribution in [0, 0.1) is 0 Å². The molecule has 0 saturated carbocycles. The van der Waals surface area contributed by atoms with E-state index in [2.05, 4.69) is 9.97 Å². The van der Waals surface area contributed by atoms with E-state index in [0.717, 1.165) is 9.13 Å². The minimum atomic E-state index is -1.02. The fourth-order valence-electron chi connectivity index (χ4n) is 4.90. The highest BCUT2D eigenvalue weighted by Gasteiger charge is 2.40. The molecule has 6 atom stereocenters. The molecule has 0 bridgehead atoms. The van der Waals surface area contributed by atoms with Crippen molar-refractivity contribution in [3.8, 4) is 0 Å². The number of nitrogens with zero attached hydrogens (tertiary/aromatic N) is 4. The summed E-state index contributed by atoms with van der Waals surface area (Å²) >= 11 is 0. The van der Waals surface area contributed by atoms with Gasteiger partial charge in [-0.1, -0.05) is 18.2 Å². The molecule has 5 rings (SSSR count). The topological polar surface area (TPSA) is 267 Å². The highest BCUT2D eigenvalue weighted by molar-refractivity contribution is 5.90. The largest absolute Gasteiger partial charge is 0.459 e. The maximum absolute atomic E-state index is 12.5. The Bertz CT molecular complexity index is 1730. The molecular formula is C29H32N6O12. The number of aliphatic hydroxyl groups is 2. The highest BCUT2D eigenvalue weighted by atomic mass is 16.6. The first kappa shape index (κ1) is 34.6. The van der Waals surface area contributed by atoms with E-state index in [1.54, 1.807) is 30.3 Å². The quantitative estimate of drug-likeness (QED) is 0.189. The van der Waals surface area contributed by atoms with Crippen LogP contribution in [0.5, 0.6) is 0 Å². The van der Waals surface area contributed by atoms with Crippen molar-refractivity contribution in [1.82, 2.24) is 19.1 Å². The van der Waals surface area contributed by atoms with E-state index in [0.29, 0.717) is 5.56 Å². The molecule has 3 aromatic rings.